The van der Waals surface area contributed by atoms with E-state index in [2.05, 4.69) is 40.5 Å². The van der Waals surface area contributed by atoms with Crippen LogP contribution in [0.25, 0.3) is 22.1 Å². The lowest BCUT2D eigenvalue weighted by Gasteiger charge is -2.06. The first-order valence-corrected chi connectivity index (χ1v) is 8.07. The van der Waals surface area contributed by atoms with Crippen molar-refractivity contribution < 1.29 is 0 Å². The topological polar surface area (TPSA) is 107 Å². The Hall–Kier alpha value is -3.94. The molecule has 0 aliphatic heterocycles. The van der Waals surface area contributed by atoms with Gasteiger partial charge in [-0.25, -0.2) is 9.97 Å². The molecule has 5 rings (SSSR count). The molecule has 0 bridgehead atoms. The third kappa shape index (κ3) is 2.69. The number of nitrogens with one attached hydrogen (secondary N) is 4. The minimum absolute atomic E-state index is 0.679. The zero-order valence-electron chi connectivity index (χ0n) is 13.6. The maximum absolute atomic E-state index is 4.48. The second kappa shape index (κ2) is 5.85. The predicted octanol–water partition coefficient (Wildman–Crippen LogP) is 3.72. The maximum atomic E-state index is 4.48. The molecule has 8 nitrogen and oxygen atoms in total. The second-order valence-electron chi connectivity index (χ2n) is 5.78. The molecule has 0 saturated heterocycles. The Bertz CT molecular complexity index is 1030. The number of anilines is 4. The molecule has 8 heteroatoms. The van der Waals surface area contributed by atoms with Crippen LogP contribution in [0.4, 0.5) is 23.3 Å². The van der Waals surface area contributed by atoms with E-state index < -0.39 is 0 Å². The summed E-state index contributed by atoms with van der Waals surface area (Å²) in [6.07, 6.45) is 6.95. The van der Waals surface area contributed by atoms with E-state index in [4.69, 9.17) is 0 Å². The van der Waals surface area contributed by atoms with Crippen molar-refractivity contribution in [3.05, 3.63) is 61.2 Å². The van der Waals surface area contributed by atoms with Crippen LogP contribution >= 0.6 is 0 Å². The summed E-state index contributed by atoms with van der Waals surface area (Å²) in [6.45, 7) is 0. The van der Waals surface area contributed by atoms with E-state index in [0.717, 1.165) is 33.4 Å². The van der Waals surface area contributed by atoms with E-state index in [0.29, 0.717) is 11.9 Å². The first kappa shape index (κ1) is 14.4. The first-order chi connectivity index (χ1) is 12.8. The highest BCUT2D eigenvalue weighted by molar-refractivity contribution is 5.78. The molecule has 126 valence electrons. The van der Waals surface area contributed by atoms with Gasteiger partial charge in [0, 0.05) is 23.8 Å². The molecule has 0 radical (unpaired) electrons. The van der Waals surface area contributed by atoms with Gasteiger partial charge in [0.05, 0.1) is 34.5 Å². The van der Waals surface area contributed by atoms with E-state index in [1.165, 1.54) is 0 Å². The van der Waals surface area contributed by atoms with Crippen molar-refractivity contribution in [2.45, 2.75) is 0 Å². The number of benzene rings is 1. The standard InChI is InChI=1S/C18H14N8/c1-2-12(22-18-24-14-6-8-20-10-16(14)26-18)4-3-11(1)21-17-23-13-5-7-19-9-15(13)25-17/h1-10H,(H2,21,23,25)(H2,22,24,26). The number of H-pyrrole nitrogens is 2. The molecule has 1 aromatic carbocycles. The van der Waals surface area contributed by atoms with Crippen LogP contribution in [0.2, 0.25) is 0 Å². The largest absolute Gasteiger partial charge is 0.326 e. The van der Waals surface area contributed by atoms with Crippen molar-refractivity contribution in [2.24, 2.45) is 0 Å². The molecule has 0 aliphatic rings. The highest BCUT2D eigenvalue weighted by Crippen LogP contribution is 2.22. The number of aromatic nitrogens is 6. The SMILES string of the molecule is c1cc2nc(Nc3ccc(Nc4nc5ccncc5[nH]4)cc3)[nH]c2cn1. The summed E-state index contributed by atoms with van der Waals surface area (Å²) >= 11 is 0. The minimum Gasteiger partial charge on any atom is -0.326 e. The lowest BCUT2D eigenvalue weighted by Crippen LogP contribution is -1.94. The number of rotatable bonds is 4. The van der Waals surface area contributed by atoms with Crippen molar-refractivity contribution in [3.63, 3.8) is 0 Å². The number of hydrogen-bond donors (Lipinski definition) is 4. The molecule has 0 amide bonds. The number of aromatic amines is 2. The number of imidazole rings is 2. The average molecular weight is 342 g/mol. The number of nitrogens with zero attached hydrogens (tertiary/aromatic N) is 4. The number of fused-ring (bicyclic) bond motifs is 2. The zero-order chi connectivity index (χ0) is 17.3. The third-order valence-corrected chi connectivity index (χ3v) is 3.98. The number of hydrogen-bond acceptors (Lipinski definition) is 6. The van der Waals surface area contributed by atoms with E-state index in [1.807, 2.05) is 36.4 Å². The molecule has 0 spiro atoms. The summed E-state index contributed by atoms with van der Waals surface area (Å²) < 4.78 is 0. The van der Waals surface area contributed by atoms with Gasteiger partial charge in [0.1, 0.15) is 0 Å². The Kier molecular flexibility index (Phi) is 3.24. The Morgan fingerprint density at radius 2 is 1.08 bits per heavy atom. The molecule has 4 N–H and O–H groups in total. The van der Waals surface area contributed by atoms with Gasteiger partial charge in [-0.15, -0.1) is 0 Å². The summed E-state index contributed by atoms with van der Waals surface area (Å²) in [4.78, 5) is 23.5. The van der Waals surface area contributed by atoms with Gasteiger partial charge < -0.3 is 20.6 Å². The van der Waals surface area contributed by atoms with Crippen molar-refractivity contribution >= 4 is 45.3 Å². The fraction of sp³-hybridized carbons (Fsp3) is 0. The molecule has 4 heterocycles. The monoisotopic (exact) mass is 342 g/mol. The van der Waals surface area contributed by atoms with E-state index in [-0.39, 0.29) is 0 Å². The quantitative estimate of drug-likeness (QED) is 0.396. The lowest BCUT2D eigenvalue weighted by molar-refractivity contribution is 1.30. The molecular formula is C18H14N8. The normalized spacial score (nSPS) is 11.1. The van der Waals surface area contributed by atoms with Crippen LogP contribution < -0.4 is 10.6 Å². The van der Waals surface area contributed by atoms with Gasteiger partial charge >= 0.3 is 0 Å². The van der Waals surface area contributed by atoms with Crippen LogP contribution in [0.1, 0.15) is 0 Å². The molecular weight excluding hydrogens is 328 g/mol. The smallest absolute Gasteiger partial charge is 0.205 e. The van der Waals surface area contributed by atoms with Crippen molar-refractivity contribution in [2.75, 3.05) is 10.6 Å². The molecule has 5 aromatic rings. The van der Waals surface area contributed by atoms with E-state index >= 15 is 0 Å². The summed E-state index contributed by atoms with van der Waals surface area (Å²) in [7, 11) is 0. The average Bonchev–Trinajstić information content (AvgIpc) is 3.25. The summed E-state index contributed by atoms with van der Waals surface area (Å²) in [6, 6.07) is 11.6. The Balaban J connectivity index is 1.33. The summed E-state index contributed by atoms with van der Waals surface area (Å²) in [5.41, 5.74) is 5.40. The van der Waals surface area contributed by atoms with Crippen LogP contribution in [0.5, 0.6) is 0 Å². The highest BCUT2D eigenvalue weighted by Gasteiger charge is 2.04. The molecule has 0 saturated carbocycles. The van der Waals surface area contributed by atoms with Gasteiger partial charge in [0.2, 0.25) is 11.9 Å². The van der Waals surface area contributed by atoms with Crippen LogP contribution in [0, 0.1) is 0 Å². The van der Waals surface area contributed by atoms with E-state index in [1.54, 1.807) is 24.8 Å². The molecule has 26 heavy (non-hydrogen) atoms. The van der Waals surface area contributed by atoms with Crippen molar-refractivity contribution in [1.29, 1.82) is 0 Å². The zero-order valence-corrected chi connectivity index (χ0v) is 13.6. The minimum atomic E-state index is 0.679. The molecule has 0 atom stereocenters. The van der Waals surface area contributed by atoms with Gasteiger partial charge in [-0.2, -0.15) is 0 Å². The molecule has 4 aromatic heterocycles. The highest BCUT2D eigenvalue weighted by atomic mass is 15.1. The van der Waals surface area contributed by atoms with Gasteiger partial charge in [-0.3, -0.25) is 9.97 Å². The number of pyridine rings is 2. The molecule has 0 aliphatic carbocycles. The fourth-order valence-corrected chi connectivity index (χ4v) is 2.74. The van der Waals surface area contributed by atoms with Crippen molar-refractivity contribution in [3.8, 4) is 0 Å². The van der Waals surface area contributed by atoms with Gasteiger partial charge in [0.25, 0.3) is 0 Å². The van der Waals surface area contributed by atoms with Crippen LogP contribution in [-0.2, 0) is 0 Å². The second-order valence-corrected chi connectivity index (χ2v) is 5.78. The van der Waals surface area contributed by atoms with Gasteiger partial charge in [-0.1, -0.05) is 0 Å². The van der Waals surface area contributed by atoms with Crippen LogP contribution in [-0.4, -0.2) is 29.9 Å². The van der Waals surface area contributed by atoms with Crippen molar-refractivity contribution in [1.82, 2.24) is 29.9 Å². The molecule has 0 unspecified atom stereocenters. The van der Waals surface area contributed by atoms with Gasteiger partial charge in [-0.05, 0) is 36.4 Å². The third-order valence-electron chi connectivity index (χ3n) is 3.98. The lowest BCUT2D eigenvalue weighted by atomic mass is 10.3. The Morgan fingerprint density at radius 1 is 0.615 bits per heavy atom. The first-order valence-electron chi connectivity index (χ1n) is 8.07. The summed E-state index contributed by atoms with van der Waals surface area (Å²) in [5, 5.41) is 6.50. The predicted molar refractivity (Wildman–Crippen MR) is 101 cm³/mol. The fourth-order valence-electron chi connectivity index (χ4n) is 2.74. The Morgan fingerprint density at radius 3 is 1.50 bits per heavy atom. The van der Waals surface area contributed by atoms with Gasteiger partial charge in [0.15, 0.2) is 0 Å². The van der Waals surface area contributed by atoms with Crippen LogP contribution in [0.3, 0.4) is 0 Å². The molecule has 0 fully saturated rings. The maximum Gasteiger partial charge on any atom is 0.205 e. The van der Waals surface area contributed by atoms with E-state index in [9.17, 15) is 0 Å². The Labute approximate surface area is 147 Å². The summed E-state index contributed by atoms with van der Waals surface area (Å²) in [5.74, 6) is 1.36. The van der Waals surface area contributed by atoms with Crippen LogP contribution in [0.15, 0.2) is 61.2 Å².